The number of aryl methyl sites for hydroxylation is 1. The van der Waals surface area contributed by atoms with Crippen molar-refractivity contribution in [3.05, 3.63) is 35.7 Å². The van der Waals surface area contributed by atoms with Gasteiger partial charge in [0, 0.05) is 38.7 Å². The molecule has 1 aliphatic heterocycles. The zero-order chi connectivity index (χ0) is 24.4. The van der Waals surface area contributed by atoms with Gasteiger partial charge >= 0.3 is 6.09 Å². The van der Waals surface area contributed by atoms with E-state index in [1.807, 2.05) is 31.2 Å². The molecular weight excluding hydrogens is 436 g/mol. The molecule has 1 amide bonds. The smallest absolute Gasteiger partial charge is 0.407 e. The summed E-state index contributed by atoms with van der Waals surface area (Å²) < 4.78 is 11.9. The highest BCUT2D eigenvalue weighted by Gasteiger charge is 2.41. The van der Waals surface area contributed by atoms with Crippen LogP contribution in [0, 0.1) is 0 Å². The molecule has 9 heteroatoms. The molecule has 8 nitrogen and oxygen atoms in total. The molecule has 1 aromatic heterocycles. The summed E-state index contributed by atoms with van der Waals surface area (Å²) >= 11 is 0. The van der Waals surface area contributed by atoms with Gasteiger partial charge in [-0.1, -0.05) is 51.1 Å². The maximum Gasteiger partial charge on any atom is 0.407 e. The van der Waals surface area contributed by atoms with Crippen molar-refractivity contribution in [3.8, 4) is 11.4 Å². The first-order chi connectivity index (χ1) is 15.4. The minimum Gasteiger partial charge on any atom is -0.465 e. The summed E-state index contributed by atoms with van der Waals surface area (Å²) in [6, 6.07) is 7.46. The van der Waals surface area contributed by atoms with E-state index in [4.69, 9.17) is 8.95 Å². The number of amides is 1. The molecule has 1 fully saturated rings. The van der Waals surface area contributed by atoms with Gasteiger partial charge in [0.25, 0.3) is 0 Å². The van der Waals surface area contributed by atoms with Crippen LogP contribution in [0.15, 0.2) is 28.8 Å². The number of hydrogen-bond acceptors (Lipinski definition) is 6. The van der Waals surface area contributed by atoms with E-state index < -0.39 is 14.4 Å². The summed E-state index contributed by atoms with van der Waals surface area (Å²) in [6.07, 6.45) is 0.884. The Hall–Kier alpha value is -2.23. The Morgan fingerprint density at radius 2 is 2.12 bits per heavy atom. The average Bonchev–Trinajstić information content (AvgIpc) is 3.40. The van der Waals surface area contributed by atoms with Crippen molar-refractivity contribution < 1.29 is 18.9 Å². The Bertz CT molecular complexity index is 956. The summed E-state index contributed by atoms with van der Waals surface area (Å²) in [4.78, 5) is 20.0. The van der Waals surface area contributed by atoms with E-state index in [1.54, 1.807) is 7.05 Å². The molecule has 1 N–H and O–H groups in total. The van der Waals surface area contributed by atoms with Gasteiger partial charge in [0.15, 0.2) is 8.32 Å². The van der Waals surface area contributed by atoms with Crippen LogP contribution in [0.1, 0.15) is 51.6 Å². The lowest BCUT2D eigenvalue weighted by molar-refractivity contribution is 0.121. The number of nitrogens with zero attached hydrogens (tertiary/aromatic N) is 4. The SMILES string of the molecule is CCc1nc(-c2cccc([C@@H](CN3CCC(O[Si](C)(C)C(C)(C)C)C3)N(C)C(=O)O)c2)no1. The maximum atomic E-state index is 11.9. The van der Waals surface area contributed by atoms with Crippen LogP contribution < -0.4 is 0 Å². The predicted molar refractivity (Wildman–Crippen MR) is 131 cm³/mol. The third kappa shape index (κ3) is 6.02. The molecule has 2 heterocycles. The highest BCUT2D eigenvalue weighted by molar-refractivity contribution is 6.74. The largest absolute Gasteiger partial charge is 0.465 e. The lowest BCUT2D eigenvalue weighted by Crippen LogP contribution is -2.45. The van der Waals surface area contributed by atoms with Gasteiger partial charge in [0.2, 0.25) is 11.7 Å². The fourth-order valence-electron chi connectivity index (χ4n) is 3.88. The van der Waals surface area contributed by atoms with Gasteiger partial charge in [-0.25, -0.2) is 4.79 Å². The second-order valence-electron chi connectivity index (χ2n) is 10.4. The standard InChI is InChI=1S/C24H38N4O4Si/c1-8-21-25-22(26-31-21)18-11-9-10-17(14-18)20(27(5)23(29)30)16-28-13-12-19(15-28)32-33(6,7)24(2,3)4/h9-11,14,19-20H,8,12-13,15-16H2,1-7H3,(H,29,30)/t19?,20-/m1/s1. The van der Waals surface area contributed by atoms with Crippen molar-refractivity contribution >= 4 is 14.4 Å². The van der Waals surface area contributed by atoms with Gasteiger partial charge in [0.1, 0.15) is 0 Å². The molecule has 1 aromatic carbocycles. The molecule has 0 spiro atoms. The normalized spacial score (nSPS) is 18.5. The Balaban J connectivity index is 1.77. The molecule has 0 saturated carbocycles. The Labute approximate surface area is 198 Å². The van der Waals surface area contributed by atoms with Crippen LogP contribution >= 0.6 is 0 Å². The number of likely N-dealkylation sites (N-methyl/N-ethyl adjacent to an activating group) is 1. The lowest BCUT2D eigenvalue weighted by atomic mass is 10.0. The monoisotopic (exact) mass is 474 g/mol. The number of carboxylic acid groups (broad SMARTS) is 1. The van der Waals surface area contributed by atoms with E-state index in [1.165, 1.54) is 4.90 Å². The molecule has 3 rings (SSSR count). The third-order valence-corrected chi connectivity index (χ3v) is 11.5. The fourth-order valence-corrected chi connectivity index (χ4v) is 5.26. The van der Waals surface area contributed by atoms with E-state index >= 15 is 0 Å². The van der Waals surface area contributed by atoms with Gasteiger partial charge in [-0.15, -0.1) is 0 Å². The molecular formula is C24H38N4O4Si. The number of hydrogen-bond donors (Lipinski definition) is 1. The van der Waals surface area contributed by atoms with Crippen LogP contribution in [-0.2, 0) is 10.8 Å². The average molecular weight is 475 g/mol. The molecule has 0 aliphatic carbocycles. The van der Waals surface area contributed by atoms with E-state index in [0.717, 1.165) is 30.6 Å². The topological polar surface area (TPSA) is 91.9 Å². The van der Waals surface area contributed by atoms with Crippen molar-refractivity contribution in [1.82, 2.24) is 19.9 Å². The maximum absolute atomic E-state index is 11.9. The molecule has 33 heavy (non-hydrogen) atoms. The molecule has 1 unspecified atom stereocenters. The van der Waals surface area contributed by atoms with Crippen LogP contribution in [-0.4, -0.2) is 72.2 Å². The van der Waals surface area contributed by atoms with E-state index in [9.17, 15) is 9.90 Å². The van der Waals surface area contributed by atoms with E-state index in [2.05, 4.69) is 48.9 Å². The summed E-state index contributed by atoms with van der Waals surface area (Å²) in [5, 5.41) is 14.0. The molecule has 0 radical (unpaired) electrons. The second-order valence-corrected chi connectivity index (χ2v) is 15.2. The lowest BCUT2D eigenvalue weighted by Gasteiger charge is -2.38. The van der Waals surface area contributed by atoms with Gasteiger partial charge in [-0.05, 0) is 36.2 Å². The minimum atomic E-state index is -1.84. The summed E-state index contributed by atoms with van der Waals surface area (Å²) in [5.74, 6) is 1.11. The number of benzene rings is 1. The Morgan fingerprint density at radius 3 is 2.73 bits per heavy atom. The van der Waals surface area contributed by atoms with Crippen molar-refractivity contribution in [1.29, 1.82) is 0 Å². The van der Waals surface area contributed by atoms with Crippen LogP contribution in [0.25, 0.3) is 11.4 Å². The van der Waals surface area contributed by atoms with Gasteiger partial charge in [-0.3, -0.25) is 4.90 Å². The Kier molecular flexibility index (Phi) is 7.65. The first-order valence-corrected chi connectivity index (χ1v) is 14.6. The highest BCUT2D eigenvalue weighted by atomic mass is 28.4. The number of rotatable bonds is 8. The summed E-state index contributed by atoms with van der Waals surface area (Å²) in [6.45, 7) is 15.6. The molecule has 1 saturated heterocycles. The molecule has 0 bridgehead atoms. The molecule has 2 aromatic rings. The quantitative estimate of drug-likeness (QED) is 0.535. The first kappa shape index (κ1) is 25.4. The molecule has 1 aliphatic rings. The first-order valence-electron chi connectivity index (χ1n) is 11.7. The number of carbonyl (C=O) groups is 1. The van der Waals surface area contributed by atoms with E-state index in [-0.39, 0.29) is 17.2 Å². The molecule has 2 atom stereocenters. The zero-order valence-electron chi connectivity index (χ0n) is 21.0. The van der Waals surface area contributed by atoms with Crippen LogP contribution in [0.4, 0.5) is 4.79 Å². The van der Waals surface area contributed by atoms with Crippen molar-refractivity contribution in [2.24, 2.45) is 0 Å². The van der Waals surface area contributed by atoms with Crippen molar-refractivity contribution in [3.63, 3.8) is 0 Å². The molecule has 182 valence electrons. The Morgan fingerprint density at radius 1 is 1.39 bits per heavy atom. The number of aromatic nitrogens is 2. The van der Waals surface area contributed by atoms with Crippen molar-refractivity contribution in [2.45, 2.75) is 70.8 Å². The van der Waals surface area contributed by atoms with Gasteiger partial charge in [0.05, 0.1) is 12.1 Å². The van der Waals surface area contributed by atoms with Crippen LogP contribution in [0.3, 0.4) is 0 Å². The van der Waals surface area contributed by atoms with Crippen molar-refractivity contribution in [2.75, 3.05) is 26.7 Å². The van der Waals surface area contributed by atoms with Gasteiger partial charge < -0.3 is 19.0 Å². The third-order valence-electron chi connectivity index (χ3n) is 7.00. The predicted octanol–water partition coefficient (Wildman–Crippen LogP) is 5.05. The second kappa shape index (κ2) is 9.95. The zero-order valence-corrected chi connectivity index (χ0v) is 22.0. The van der Waals surface area contributed by atoms with Gasteiger partial charge in [-0.2, -0.15) is 4.98 Å². The van der Waals surface area contributed by atoms with Crippen LogP contribution in [0.5, 0.6) is 0 Å². The fraction of sp³-hybridized carbons (Fsp3) is 0.625. The number of likely N-dealkylation sites (tertiary alicyclic amines) is 1. The van der Waals surface area contributed by atoms with E-state index in [0.29, 0.717) is 24.7 Å². The van der Waals surface area contributed by atoms with Crippen LogP contribution in [0.2, 0.25) is 18.1 Å². The summed E-state index contributed by atoms with van der Waals surface area (Å²) in [7, 11) is -0.215. The summed E-state index contributed by atoms with van der Waals surface area (Å²) in [5.41, 5.74) is 1.73. The minimum absolute atomic E-state index is 0.166. The highest BCUT2D eigenvalue weighted by Crippen LogP contribution is 2.38.